The molecule has 29 atom stereocenters. The van der Waals surface area contributed by atoms with Gasteiger partial charge in [-0.2, -0.15) is 0 Å². The minimum absolute atomic E-state index is 0. The fourth-order valence-electron chi connectivity index (χ4n) is 26.4. The van der Waals surface area contributed by atoms with Gasteiger partial charge in [0.15, 0.2) is 0 Å². The molecule has 12 aliphatic rings. The minimum Gasteiger partial charge on any atom is -1.00 e. The van der Waals surface area contributed by atoms with E-state index in [0.717, 1.165) is 129 Å². The first-order chi connectivity index (χ1) is 37.6. The molecule has 476 valence electrons. The Morgan fingerprint density at radius 2 is 0.651 bits per heavy atom. The summed E-state index contributed by atoms with van der Waals surface area (Å²) < 4.78 is 0. The quantitative estimate of drug-likeness (QED) is 0.0892. The normalized spacial score (nSPS) is 52.6. The maximum absolute atomic E-state index is 11.5. The van der Waals surface area contributed by atoms with Gasteiger partial charge in [0.05, 0.1) is 29.0 Å². The van der Waals surface area contributed by atoms with Crippen molar-refractivity contribution in [3.8, 4) is 0 Å². The van der Waals surface area contributed by atoms with E-state index in [1.54, 1.807) is 0 Å². The van der Waals surface area contributed by atoms with Gasteiger partial charge in [0, 0.05) is 5.92 Å². The molecule has 83 heavy (non-hydrogen) atoms. The Labute approximate surface area is 538 Å². The number of rotatable bonds is 9. The zero-order chi connectivity index (χ0) is 58.0. The molecule has 0 heterocycles. The van der Waals surface area contributed by atoms with E-state index < -0.39 is 5.60 Å². The van der Waals surface area contributed by atoms with Gasteiger partial charge in [-0.25, -0.2) is 0 Å². The van der Waals surface area contributed by atoms with Crippen molar-refractivity contribution in [2.24, 2.45) is 139 Å². The van der Waals surface area contributed by atoms with Crippen LogP contribution in [0.5, 0.6) is 0 Å². The van der Waals surface area contributed by atoms with Crippen LogP contribution in [0.4, 0.5) is 0 Å². The third-order valence-corrected chi connectivity index (χ3v) is 32.3. The number of halogens is 1. The van der Waals surface area contributed by atoms with Crippen LogP contribution in [0.2, 0.25) is 0 Å². The van der Waals surface area contributed by atoms with Crippen molar-refractivity contribution in [2.75, 3.05) is 0 Å². The maximum atomic E-state index is 11.5. The predicted octanol–water partition coefficient (Wildman–Crippen LogP) is 14.3. The minimum atomic E-state index is -0.391. The van der Waals surface area contributed by atoms with Crippen molar-refractivity contribution in [3.63, 3.8) is 0 Å². The summed E-state index contributed by atoms with van der Waals surface area (Å²) in [5.41, 5.74) is 1.48. The molecular formula is C75H131BrMgO6. The largest absolute Gasteiger partial charge is 2.00 e. The van der Waals surface area contributed by atoms with Gasteiger partial charge in [-0.05, 0) is 340 Å². The SMILES string of the molecule is CC[C@]1(O)CC[C@@]2(C)[C@@H](CC[C@@H]3[C@@H]2CC[C@]2(C)[C@@H]([C@H](C)C(C)O)CC[C@@H]32)C1.CC[C@]1(O)CC[C@@]2(C)[C@@H](CC[C@@H]3[C@@H]2CC[C@]2(C)[C@@H]([C@H](C)C=O)CC[C@@H]32)C1.CC[C@]1(O)CC[C@@]2(C)[C@@H](CC[C@@H]3[C@@H]2CC[C@]2(C)[C@@H]([C@H](C)[C@H](C)O)CC[C@@H]32)C1.[Br-].[CH3-].[Mg+2]. The van der Waals surface area contributed by atoms with Gasteiger partial charge >= 0.3 is 23.1 Å². The predicted molar refractivity (Wildman–Crippen MR) is 340 cm³/mol. The Morgan fingerprint density at radius 3 is 0.916 bits per heavy atom. The summed E-state index contributed by atoms with van der Waals surface area (Å²) >= 11 is 0. The number of aliphatic hydroxyl groups is 5. The van der Waals surface area contributed by atoms with Crippen LogP contribution in [0, 0.1) is 146 Å². The first-order valence-electron chi connectivity index (χ1n) is 35.5. The molecule has 6 nitrogen and oxygen atoms in total. The van der Waals surface area contributed by atoms with Crippen molar-refractivity contribution in [3.05, 3.63) is 7.43 Å². The summed E-state index contributed by atoms with van der Waals surface area (Å²) in [5, 5.41) is 53.3. The molecule has 0 saturated heterocycles. The number of carbonyl (C=O) groups is 1. The zero-order valence-corrected chi connectivity index (χ0v) is 59.6. The molecule has 8 heteroatoms. The van der Waals surface area contributed by atoms with Crippen molar-refractivity contribution in [1.82, 2.24) is 0 Å². The molecular weight excluding hydrogens is 1100 g/mol. The Kier molecular flexibility index (Phi) is 22.3. The average Bonchev–Trinajstić information content (AvgIpc) is 2.77. The van der Waals surface area contributed by atoms with Crippen molar-refractivity contribution in [1.29, 1.82) is 0 Å². The van der Waals surface area contributed by atoms with Gasteiger partial charge in [0.25, 0.3) is 0 Å². The molecule has 1 unspecified atom stereocenters. The van der Waals surface area contributed by atoms with Crippen molar-refractivity contribution < 1.29 is 47.3 Å². The summed E-state index contributed by atoms with van der Waals surface area (Å²) in [6.07, 6.45) is 37.9. The first-order valence-corrected chi connectivity index (χ1v) is 35.5. The number of aliphatic hydroxyl groups excluding tert-OH is 2. The van der Waals surface area contributed by atoms with Crippen LogP contribution in [-0.4, -0.2) is 83.9 Å². The van der Waals surface area contributed by atoms with Crippen LogP contribution in [0.25, 0.3) is 0 Å². The summed E-state index contributed by atoms with van der Waals surface area (Å²) in [5.74, 6) is 13.1. The molecule has 12 rings (SSSR count). The van der Waals surface area contributed by atoms with E-state index in [1.807, 2.05) is 13.8 Å². The van der Waals surface area contributed by atoms with Crippen LogP contribution in [0.3, 0.4) is 0 Å². The molecule has 12 saturated carbocycles. The summed E-state index contributed by atoms with van der Waals surface area (Å²) in [4.78, 5) is 11.5. The van der Waals surface area contributed by atoms with Crippen LogP contribution in [0.1, 0.15) is 290 Å². The Bertz CT molecular complexity index is 2060. The Hall–Kier alpha value is 0.716. The molecule has 0 aromatic carbocycles. The fraction of sp³-hybridized carbons (Fsp3) is 0.973. The molecule has 12 fully saturated rings. The summed E-state index contributed by atoms with van der Waals surface area (Å²) in [7, 11) is 0. The molecule has 0 aromatic heterocycles. The summed E-state index contributed by atoms with van der Waals surface area (Å²) in [6, 6.07) is 0. The molecule has 0 spiro atoms. The first kappa shape index (κ1) is 71.2. The Morgan fingerprint density at radius 1 is 0.386 bits per heavy atom. The van der Waals surface area contributed by atoms with Crippen LogP contribution in [-0.2, 0) is 4.79 Å². The monoisotopic (exact) mass is 1230 g/mol. The standard InChI is InChI=1S/2C25H44O2.C24H40O2.CH3.BrH.Mg/c2*1-6-25(27)14-13-23(4)18(15-25)7-8-19-21-10-9-20(16(2)17(3)26)24(21,5)12-11-22(19)23;1-5-24(26)13-12-22(3)17(14-24)6-7-18-20-9-8-19(16(2)15-25)23(20,4)11-10-21(18)22;;;/h2*16-22,26-27H,6-15H2,1-5H3;15-21,26H,5-14H2,1-4H3;1H3;1H;/q;;;-1;;+2/p-1/t16-,17?,18+,19+,20-,21+,22+,23+,24-,25+;16-,17+,18+,19+,20-,21+,22+,23+,24-,25+;16-,17+,18+,19-,20+,21+,22+,23-,24+;;;/m111.../s1. The fourth-order valence-corrected chi connectivity index (χ4v) is 26.4. The van der Waals surface area contributed by atoms with Crippen molar-refractivity contribution in [2.45, 2.75) is 319 Å². The zero-order valence-electron chi connectivity index (χ0n) is 56.6. The van der Waals surface area contributed by atoms with Crippen LogP contribution in [0.15, 0.2) is 0 Å². The van der Waals surface area contributed by atoms with E-state index in [4.69, 9.17) is 0 Å². The second-order valence-electron chi connectivity index (χ2n) is 34.7. The number of hydrogen-bond acceptors (Lipinski definition) is 6. The molecule has 5 N–H and O–H groups in total. The van der Waals surface area contributed by atoms with Gasteiger partial charge in [-0.3, -0.25) is 0 Å². The number of hydrogen-bond donors (Lipinski definition) is 5. The van der Waals surface area contributed by atoms with Gasteiger partial charge < -0.3 is 54.7 Å². The maximum Gasteiger partial charge on any atom is 2.00 e. The molecule has 0 radical (unpaired) electrons. The van der Waals surface area contributed by atoms with Gasteiger partial charge in [-0.15, -0.1) is 0 Å². The van der Waals surface area contributed by atoms with E-state index in [2.05, 4.69) is 83.1 Å². The molecule has 0 aromatic rings. The number of carbonyl (C=O) groups excluding carboxylic acids is 1. The van der Waals surface area contributed by atoms with E-state index in [1.165, 1.54) is 141 Å². The summed E-state index contributed by atoms with van der Waals surface area (Å²) in [6.45, 7) is 32.7. The van der Waals surface area contributed by atoms with Crippen molar-refractivity contribution >= 4 is 29.3 Å². The third-order valence-electron chi connectivity index (χ3n) is 32.3. The molecule has 12 aliphatic carbocycles. The second kappa shape index (κ2) is 26.0. The van der Waals surface area contributed by atoms with E-state index in [0.29, 0.717) is 62.1 Å². The smallest absolute Gasteiger partial charge is 1.00 e. The van der Waals surface area contributed by atoms with Gasteiger partial charge in [0.2, 0.25) is 0 Å². The van der Waals surface area contributed by atoms with E-state index in [-0.39, 0.29) is 76.8 Å². The van der Waals surface area contributed by atoms with Gasteiger partial charge in [0.1, 0.15) is 6.29 Å². The third kappa shape index (κ3) is 12.0. The van der Waals surface area contributed by atoms with Gasteiger partial charge in [-0.1, -0.05) is 83.1 Å². The van der Waals surface area contributed by atoms with Crippen LogP contribution >= 0.6 is 0 Å². The molecule has 0 amide bonds. The molecule has 0 aliphatic heterocycles. The van der Waals surface area contributed by atoms with E-state index in [9.17, 15) is 30.3 Å². The van der Waals surface area contributed by atoms with Crippen LogP contribution < -0.4 is 17.0 Å². The molecule has 0 bridgehead atoms. The topological polar surface area (TPSA) is 118 Å². The average molecular weight is 1230 g/mol. The number of aldehydes is 1. The Balaban J connectivity index is 0.000000176. The second-order valence-corrected chi connectivity index (χ2v) is 34.7. The number of fused-ring (bicyclic) bond motifs is 15. The van der Waals surface area contributed by atoms with E-state index >= 15 is 0 Å².